The van der Waals surface area contributed by atoms with Crippen LogP contribution < -0.4 is 5.32 Å². The standard InChI is InChI=1S/C19H30N6O/c1-12-22-23-18(24(12)2)9-20-19(21-13-5-3-4-6-13)25-10-14-15(11-25)17-8-7-16(14)26-17/h13-17H,3-11H2,1-2H3,(H,20,21). The number of fused-ring (bicyclic) bond motifs is 5. The molecule has 3 saturated heterocycles. The molecule has 0 spiro atoms. The summed E-state index contributed by atoms with van der Waals surface area (Å²) < 4.78 is 8.17. The molecule has 26 heavy (non-hydrogen) atoms. The van der Waals surface area contributed by atoms with E-state index in [4.69, 9.17) is 9.73 Å². The van der Waals surface area contributed by atoms with Gasteiger partial charge in [0.25, 0.3) is 0 Å². The molecule has 7 heteroatoms. The van der Waals surface area contributed by atoms with Gasteiger partial charge in [-0.15, -0.1) is 10.2 Å². The SMILES string of the molecule is Cc1nnc(CN=C(NC2CCCC2)N2CC3C4CCC(O4)C3C2)n1C. The fraction of sp³-hybridized carbons (Fsp3) is 0.842. The number of aliphatic imine (C=N–C) groups is 1. The molecule has 4 atom stereocenters. The second kappa shape index (κ2) is 6.51. The van der Waals surface area contributed by atoms with Crippen LogP contribution in [0, 0.1) is 18.8 Å². The predicted molar refractivity (Wildman–Crippen MR) is 98.7 cm³/mol. The van der Waals surface area contributed by atoms with E-state index >= 15 is 0 Å². The number of rotatable bonds is 3. The Morgan fingerprint density at radius 3 is 2.42 bits per heavy atom. The maximum Gasteiger partial charge on any atom is 0.194 e. The Morgan fingerprint density at radius 2 is 1.81 bits per heavy atom. The molecule has 7 nitrogen and oxygen atoms in total. The lowest BCUT2D eigenvalue weighted by molar-refractivity contribution is 0.0766. The molecule has 4 aliphatic rings. The fourth-order valence-corrected chi connectivity index (χ4v) is 5.36. The predicted octanol–water partition coefficient (Wildman–Crippen LogP) is 1.62. The van der Waals surface area contributed by atoms with Crippen molar-refractivity contribution >= 4 is 5.96 Å². The first kappa shape index (κ1) is 16.5. The molecule has 1 aromatic rings. The summed E-state index contributed by atoms with van der Waals surface area (Å²) in [4.78, 5) is 7.47. The summed E-state index contributed by atoms with van der Waals surface area (Å²) >= 11 is 0. The van der Waals surface area contributed by atoms with Crippen molar-refractivity contribution < 1.29 is 4.74 Å². The molecular formula is C19H30N6O. The normalized spacial score (nSPS) is 34.1. The highest BCUT2D eigenvalue weighted by molar-refractivity contribution is 5.80. The molecule has 3 aliphatic heterocycles. The van der Waals surface area contributed by atoms with Crippen LogP contribution in [0.5, 0.6) is 0 Å². The second-order valence-electron chi connectivity index (χ2n) is 8.51. The summed E-state index contributed by atoms with van der Waals surface area (Å²) in [6.45, 7) is 4.74. The Morgan fingerprint density at radius 1 is 1.12 bits per heavy atom. The van der Waals surface area contributed by atoms with Crippen LogP contribution in [-0.2, 0) is 18.3 Å². The van der Waals surface area contributed by atoms with E-state index in [2.05, 4.69) is 20.4 Å². The Labute approximate surface area is 155 Å². The van der Waals surface area contributed by atoms with Crippen LogP contribution >= 0.6 is 0 Å². The van der Waals surface area contributed by atoms with Crippen LogP contribution in [0.15, 0.2) is 4.99 Å². The van der Waals surface area contributed by atoms with Gasteiger partial charge < -0.3 is 19.5 Å². The van der Waals surface area contributed by atoms with Crippen molar-refractivity contribution in [1.29, 1.82) is 0 Å². The lowest BCUT2D eigenvalue weighted by atomic mass is 9.82. The molecule has 1 aromatic heterocycles. The minimum absolute atomic E-state index is 0.490. The maximum atomic E-state index is 6.14. The molecule has 4 fully saturated rings. The number of ether oxygens (including phenoxy) is 1. The van der Waals surface area contributed by atoms with Crippen LogP contribution in [0.25, 0.3) is 0 Å². The number of hydrogen-bond acceptors (Lipinski definition) is 4. The lowest BCUT2D eigenvalue weighted by Gasteiger charge is -2.26. The number of likely N-dealkylation sites (tertiary alicyclic amines) is 1. The average Bonchev–Trinajstić information content (AvgIpc) is 3.43. The molecule has 5 rings (SSSR count). The first-order valence-corrected chi connectivity index (χ1v) is 10.3. The molecule has 1 saturated carbocycles. The zero-order chi connectivity index (χ0) is 17.7. The Hall–Kier alpha value is -1.63. The number of hydrogen-bond donors (Lipinski definition) is 1. The quantitative estimate of drug-likeness (QED) is 0.657. The number of aryl methyl sites for hydroxylation is 1. The third-order valence-corrected chi connectivity index (χ3v) is 6.99. The van der Waals surface area contributed by atoms with E-state index in [9.17, 15) is 0 Å². The van der Waals surface area contributed by atoms with Crippen molar-refractivity contribution in [1.82, 2.24) is 25.0 Å². The fourth-order valence-electron chi connectivity index (χ4n) is 5.36. The molecule has 0 radical (unpaired) electrons. The van der Waals surface area contributed by atoms with Gasteiger partial charge in [0.1, 0.15) is 12.4 Å². The molecule has 142 valence electrons. The minimum atomic E-state index is 0.490. The number of nitrogens with zero attached hydrogens (tertiary/aromatic N) is 5. The van der Waals surface area contributed by atoms with E-state index in [1.807, 2.05) is 18.5 Å². The van der Waals surface area contributed by atoms with E-state index in [0.29, 0.717) is 36.6 Å². The second-order valence-corrected chi connectivity index (χ2v) is 8.51. The van der Waals surface area contributed by atoms with Crippen molar-refractivity contribution in [2.24, 2.45) is 23.9 Å². The highest BCUT2D eigenvalue weighted by atomic mass is 16.5. The van der Waals surface area contributed by atoms with Crippen LogP contribution in [0.4, 0.5) is 0 Å². The summed E-state index contributed by atoms with van der Waals surface area (Å²) in [7, 11) is 2.01. The lowest BCUT2D eigenvalue weighted by Crippen LogP contribution is -2.45. The molecule has 4 heterocycles. The van der Waals surface area contributed by atoms with E-state index in [1.165, 1.54) is 38.5 Å². The van der Waals surface area contributed by atoms with Crippen molar-refractivity contribution in [2.45, 2.75) is 70.2 Å². The summed E-state index contributed by atoms with van der Waals surface area (Å²) in [5, 5.41) is 12.2. The number of guanidine groups is 1. The third kappa shape index (κ3) is 2.80. The van der Waals surface area contributed by atoms with Gasteiger partial charge in [0.05, 0.1) is 12.2 Å². The largest absolute Gasteiger partial charge is 0.374 e. The van der Waals surface area contributed by atoms with E-state index in [-0.39, 0.29) is 0 Å². The van der Waals surface area contributed by atoms with Gasteiger partial charge in [0, 0.05) is 38.0 Å². The van der Waals surface area contributed by atoms with Gasteiger partial charge in [-0.25, -0.2) is 4.99 Å². The van der Waals surface area contributed by atoms with Gasteiger partial charge in [-0.2, -0.15) is 0 Å². The first-order chi connectivity index (χ1) is 12.7. The highest BCUT2D eigenvalue weighted by Crippen LogP contribution is 2.47. The van der Waals surface area contributed by atoms with Gasteiger partial charge in [-0.1, -0.05) is 12.8 Å². The van der Waals surface area contributed by atoms with Gasteiger partial charge >= 0.3 is 0 Å². The van der Waals surface area contributed by atoms with Gasteiger partial charge in [0.2, 0.25) is 0 Å². The van der Waals surface area contributed by atoms with Crippen LogP contribution in [0.3, 0.4) is 0 Å². The smallest absolute Gasteiger partial charge is 0.194 e. The van der Waals surface area contributed by atoms with Gasteiger partial charge in [0.15, 0.2) is 11.8 Å². The molecule has 0 aromatic carbocycles. The van der Waals surface area contributed by atoms with Crippen molar-refractivity contribution in [3.05, 3.63) is 11.6 Å². The first-order valence-electron chi connectivity index (χ1n) is 10.3. The Kier molecular flexibility index (Phi) is 4.14. The molecule has 0 amide bonds. The molecular weight excluding hydrogens is 328 g/mol. The minimum Gasteiger partial charge on any atom is -0.374 e. The van der Waals surface area contributed by atoms with Crippen LogP contribution in [0.2, 0.25) is 0 Å². The van der Waals surface area contributed by atoms with E-state index in [0.717, 1.165) is 30.7 Å². The van der Waals surface area contributed by atoms with Gasteiger partial charge in [-0.3, -0.25) is 0 Å². The zero-order valence-corrected chi connectivity index (χ0v) is 15.9. The van der Waals surface area contributed by atoms with Crippen LogP contribution in [0.1, 0.15) is 50.2 Å². The Balaban J connectivity index is 1.34. The molecule has 1 aliphatic carbocycles. The number of aromatic nitrogens is 3. The Bertz CT molecular complexity index is 676. The van der Waals surface area contributed by atoms with Crippen molar-refractivity contribution in [2.75, 3.05) is 13.1 Å². The third-order valence-electron chi connectivity index (χ3n) is 6.99. The van der Waals surface area contributed by atoms with Crippen LogP contribution in [-0.4, -0.2) is 57.0 Å². The van der Waals surface area contributed by atoms with Crippen molar-refractivity contribution in [3.8, 4) is 0 Å². The summed E-state index contributed by atoms with van der Waals surface area (Å²) in [5.41, 5.74) is 0. The molecule has 2 bridgehead atoms. The topological polar surface area (TPSA) is 67.6 Å². The van der Waals surface area contributed by atoms with Gasteiger partial charge in [-0.05, 0) is 32.6 Å². The summed E-state index contributed by atoms with van der Waals surface area (Å²) in [5.74, 6) is 4.33. The molecule has 4 unspecified atom stereocenters. The molecule has 1 N–H and O–H groups in total. The average molecular weight is 358 g/mol. The summed E-state index contributed by atoms with van der Waals surface area (Å²) in [6, 6.07) is 0.573. The number of nitrogens with one attached hydrogen (secondary N) is 1. The monoisotopic (exact) mass is 358 g/mol. The van der Waals surface area contributed by atoms with Crippen molar-refractivity contribution in [3.63, 3.8) is 0 Å². The zero-order valence-electron chi connectivity index (χ0n) is 15.9. The highest BCUT2D eigenvalue weighted by Gasteiger charge is 2.53. The summed E-state index contributed by atoms with van der Waals surface area (Å²) in [6.07, 6.45) is 8.66. The maximum absolute atomic E-state index is 6.14. The van der Waals surface area contributed by atoms with E-state index in [1.54, 1.807) is 0 Å². The van der Waals surface area contributed by atoms with E-state index < -0.39 is 0 Å².